The Kier molecular flexibility index (Phi) is 1.92. The van der Waals surface area contributed by atoms with Gasteiger partial charge in [-0.1, -0.05) is 13.8 Å². The molecule has 0 N–H and O–H groups in total. The minimum Gasteiger partial charge on any atom is -0.341 e. The number of likely N-dealkylation sites (tertiary alicyclic amines) is 1. The van der Waals surface area contributed by atoms with Crippen molar-refractivity contribution in [2.75, 3.05) is 13.1 Å². The van der Waals surface area contributed by atoms with Gasteiger partial charge >= 0.3 is 0 Å². The molecule has 1 spiro atoms. The van der Waals surface area contributed by atoms with Gasteiger partial charge in [-0.15, -0.1) is 0 Å². The van der Waals surface area contributed by atoms with Gasteiger partial charge in [0.25, 0.3) is 0 Å². The van der Waals surface area contributed by atoms with Gasteiger partial charge in [0.05, 0.1) is 0 Å². The molecule has 1 heterocycles. The summed E-state index contributed by atoms with van der Waals surface area (Å²) in [5.41, 5.74) is -0.818. The molecule has 0 radical (unpaired) electrons. The monoisotopic (exact) mass is 199 g/mol. The zero-order valence-corrected chi connectivity index (χ0v) is 9.14. The highest BCUT2D eigenvalue weighted by Gasteiger charge is 2.59. The molecule has 80 valence electrons. The van der Waals surface area contributed by atoms with Crippen molar-refractivity contribution >= 4 is 5.91 Å². The summed E-state index contributed by atoms with van der Waals surface area (Å²) < 4.78 is 13.3. The summed E-state index contributed by atoms with van der Waals surface area (Å²) in [5.74, 6) is 0.285. The molecule has 0 unspecified atom stereocenters. The van der Waals surface area contributed by atoms with Crippen LogP contribution in [-0.2, 0) is 4.79 Å². The number of carbonyl (C=O) groups excluding carboxylic acids is 1. The molecule has 14 heavy (non-hydrogen) atoms. The highest BCUT2D eigenvalue weighted by atomic mass is 19.1. The predicted octanol–water partition coefficient (Wildman–Crippen LogP) is 1.99. The van der Waals surface area contributed by atoms with Crippen LogP contribution in [0.5, 0.6) is 0 Å². The summed E-state index contributed by atoms with van der Waals surface area (Å²) in [6.07, 6.45) is 1.28. The van der Waals surface area contributed by atoms with Crippen LogP contribution < -0.4 is 0 Å². The second kappa shape index (κ2) is 2.71. The maximum Gasteiger partial charge on any atom is 0.225 e. The largest absolute Gasteiger partial charge is 0.341 e. The van der Waals surface area contributed by atoms with E-state index >= 15 is 0 Å². The fourth-order valence-electron chi connectivity index (χ4n) is 3.02. The summed E-state index contributed by atoms with van der Waals surface area (Å²) in [5, 5.41) is 0. The number of nitrogens with zero attached hydrogens (tertiary/aromatic N) is 1. The lowest BCUT2D eigenvalue weighted by Crippen LogP contribution is -2.67. The highest BCUT2D eigenvalue weighted by molar-refractivity contribution is 5.79. The Bertz CT molecular complexity index is 256. The van der Waals surface area contributed by atoms with Gasteiger partial charge in [-0.2, -0.15) is 0 Å². The Balaban J connectivity index is 1.84. The van der Waals surface area contributed by atoms with Gasteiger partial charge in [0.15, 0.2) is 0 Å². The third-order valence-corrected chi connectivity index (χ3v) is 3.35. The molecule has 1 saturated heterocycles. The van der Waals surface area contributed by atoms with Crippen LogP contribution in [0.1, 0.15) is 33.6 Å². The highest BCUT2D eigenvalue weighted by Crippen LogP contribution is 2.55. The Morgan fingerprint density at radius 2 is 1.86 bits per heavy atom. The zero-order chi connectivity index (χ0) is 10.6. The van der Waals surface area contributed by atoms with Crippen LogP contribution in [0.4, 0.5) is 4.39 Å². The van der Waals surface area contributed by atoms with E-state index in [1.807, 2.05) is 18.7 Å². The van der Waals surface area contributed by atoms with Crippen molar-refractivity contribution in [3.05, 3.63) is 0 Å². The predicted molar refractivity (Wildman–Crippen MR) is 52.6 cm³/mol. The van der Waals surface area contributed by atoms with Crippen LogP contribution in [0, 0.1) is 11.3 Å². The van der Waals surface area contributed by atoms with Crippen molar-refractivity contribution in [2.45, 2.75) is 39.3 Å². The number of hydrogen-bond acceptors (Lipinski definition) is 1. The summed E-state index contributed by atoms with van der Waals surface area (Å²) in [6, 6.07) is 0. The fourth-order valence-corrected chi connectivity index (χ4v) is 3.02. The molecule has 0 aromatic carbocycles. The first-order valence-electron chi connectivity index (χ1n) is 5.31. The van der Waals surface area contributed by atoms with Crippen LogP contribution in [0.2, 0.25) is 0 Å². The van der Waals surface area contributed by atoms with E-state index in [2.05, 4.69) is 0 Å². The maximum absolute atomic E-state index is 13.3. The molecule has 3 heteroatoms. The van der Waals surface area contributed by atoms with E-state index < -0.39 is 5.67 Å². The van der Waals surface area contributed by atoms with Gasteiger partial charge < -0.3 is 4.90 Å². The Hall–Kier alpha value is -0.600. The fraction of sp³-hybridized carbons (Fsp3) is 0.909. The quantitative estimate of drug-likeness (QED) is 0.632. The molecule has 1 amide bonds. The van der Waals surface area contributed by atoms with E-state index in [0.29, 0.717) is 12.8 Å². The van der Waals surface area contributed by atoms with E-state index in [1.165, 1.54) is 0 Å². The van der Waals surface area contributed by atoms with E-state index in [1.54, 1.807) is 6.92 Å². The van der Waals surface area contributed by atoms with Crippen molar-refractivity contribution in [2.24, 2.45) is 11.3 Å². The molecule has 2 rings (SSSR count). The van der Waals surface area contributed by atoms with Crippen molar-refractivity contribution in [3.63, 3.8) is 0 Å². The Morgan fingerprint density at radius 3 is 2.21 bits per heavy atom. The molecule has 0 bridgehead atoms. The molecule has 2 nitrogen and oxygen atoms in total. The van der Waals surface area contributed by atoms with E-state index in [-0.39, 0.29) is 17.2 Å². The molecule has 0 aromatic rings. The first kappa shape index (κ1) is 9.94. The average molecular weight is 199 g/mol. The Labute approximate surface area is 84.5 Å². The van der Waals surface area contributed by atoms with Gasteiger partial charge in [-0.05, 0) is 19.8 Å². The van der Waals surface area contributed by atoms with Crippen LogP contribution >= 0.6 is 0 Å². The zero-order valence-electron chi connectivity index (χ0n) is 9.14. The van der Waals surface area contributed by atoms with Crippen LogP contribution in [-0.4, -0.2) is 29.6 Å². The summed E-state index contributed by atoms with van der Waals surface area (Å²) in [7, 11) is 0. The van der Waals surface area contributed by atoms with Gasteiger partial charge in [-0.3, -0.25) is 4.79 Å². The minimum absolute atomic E-state index is 0.0733. The number of hydrogen-bond donors (Lipinski definition) is 0. The van der Waals surface area contributed by atoms with Gasteiger partial charge in [0.1, 0.15) is 5.67 Å². The average Bonchev–Trinajstić information content (AvgIpc) is 1.93. The molecule has 1 aliphatic carbocycles. The van der Waals surface area contributed by atoms with Crippen LogP contribution in [0.25, 0.3) is 0 Å². The molecular formula is C11H18FNO. The number of rotatable bonds is 1. The maximum atomic E-state index is 13.3. The van der Waals surface area contributed by atoms with Gasteiger partial charge in [-0.25, -0.2) is 4.39 Å². The Morgan fingerprint density at radius 1 is 1.36 bits per heavy atom. The number of carbonyl (C=O) groups is 1. The van der Waals surface area contributed by atoms with Crippen LogP contribution in [0.15, 0.2) is 0 Å². The first-order valence-corrected chi connectivity index (χ1v) is 5.31. The number of halogens is 1. The first-order chi connectivity index (χ1) is 6.34. The molecule has 0 atom stereocenters. The second-order valence-electron chi connectivity index (χ2n) is 5.62. The molecule has 2 aliphatic rings. The van der Waals surface area contributed by atoms with Crippen LogP contribution in [0.3, 0.4) is 0 Å². The van der Waals surface area contributed by atoms with Crippen molar-refractivity contribution in [1.82, 2.24) is 4.90 Å². The van der Waals surface area contributed by atoms with Crippen molar-refractivity contribution in [3.8, 4) is 0 Å². The molecule has 1 aliphatic heterocycles. The van der Waals surface area contributed by atoms with Gasteiger partial charge in [0, 0.05) is 24.4 Å². The lowest BCUT2D eigenvalue weighted by molar-refractivity contribution is -0.172. The number of amides is 1. The minimum atomic E-state index is -0.965. The third-order valence-electron chi connectivity index (χ3n) is 3.35. The summed E-state index contributed by atoms with van der Waals surface area (Å²) in [6.45, 7) is 7.04. The van der Waals surface area contributed by atoms with E-state index in [4.69, 9.17) is 0 Å². The molecule has 1 saturated carbocycles. The second-order valence-corrected chi connectivity index (χ2v) is 5.62. The lowest BCUT2D eigenvalue weighted by atomic mass is 9.56. The lowest BCUT2D eigenvalue weighted by Gasteiger charge is -2.60. The molecule has 2 fully saturated rings. The summed E-state index contributed by atoms with van der Waals surface area (Å²) >= 11 is 0. The molecule has 0 aromatic heterocycles. The van der Waals surface area contributed by atoms with Crippen molar-refractivity contribution < 1.29 is 9.18 Å². The SMILES string of the molecule is CC(C)C(=O)N1CC2(C1)CC(C)(F)C2. The van der Waals surface area contributed by atoms with Gasteiger partial charge in [0.2, 0.25) is 5.91 Å². The number of alkyl halides is 1. The smallest absolute Gasteiger partial charge is 0.225 e. The summed E-state index contributed by atoms with van der Waals surface area (Å²) in [4.78, 5) is 13.4. The van der Waals surface area contributed by atoms with Crippen molar-refractivity contribution in [1.29, 1.82) is 0 Å². The standard InChI is InChI=1S/C11H18FNO/c1-8(2)9(14)13-6-11(7-13)4-10(3,12)5-11/h8H,4-7H2,1-3H3. The van der Waals surface area contributed by atoms with E-state index in [9.17, 15) is 9.18 Å². The normalized spacial score (nSPS) is 27.4. The topological polar surface area (TPSA) is 20.3 Å². The third kappa shape index (κ3) is 1.43. The van der Waals surface area contributed by atoms with E-state index in [0.717, 1.165) is 13.1 Å². The molecular weight excluding hydrogens is 181 g/mol.